The highest BCUT2D eigenvalue weighted by Crippen LogP contribution is 2.17. The van der Waals surface area contributed by atoms with Gasteiger partial charge in [-0.3, -0.25) is 0 Å². The zero-order valence-corrected chi connectivity index (χ0v) is 14.9. The third-order valence-electron chi connectivity index (χ3n) is 4.16. The summed E-state index contributed by atoms with van der Waals surface area (Å²) in [6, 6.07) is 22.5. The molecule has 27 heavy (non-hydrogen) atoms. The maximum absolute atomic E-state index is 10.2. The SMILES string of the molecule is O=C(O)c1ccccc1.[2H][13C]1([2H])CC(OCc2ccc3ccccc3c2)C[13C]([2H])([2H])N1. The second-order valence-corrected chi connectivity index (χ2v) is 6.17. The van der Waals surface area contributed by atoms with E-state index in [2.05, 4.69) is 17.4 Å². The van der Waals surface area contributed by atoms with Gasteiger partial charge in [-0.05, 0) is 60.4 Å². The van der Waals surface area contributed by atoms with Crippen LogP contribution in [0.5, 0.6) is 0 Å². The fraction of sp³-hybridized carbons (Fsp3) is 0.261. The lowest BCUT2D eigenvalue weighted by atomic mass is 10.1. The molecule has 3 aromatic rings. The van der Waals surface area contributed by atoms with Gasteiger partial charge in [-0.1, -0.05) is 54.6 Å². The molecule has 0 aliphatic carbocycles. The predicted octanol–water partition coefficient (Wildman–Crippen LogP) is 4.49. The molecular weight excluding hydrogens is 340 g/mol. The standard InChI is InChI=1S/C16H19NO.C7H6O2/c1-2-4-15-11-13(5-6-14(15)3-1)12-18-16-7-9-17-10-8-16;8-7(9)6-4-2-1-3-5-6/h1-6,11,16-17H,7-10,12H2;1-5H,(H,8,9)/i9+1D2,10+1D2;. The first kappa shape index (κ1) is 14.4. The molecule has 0 saturated carbocycles. The second kappa shape index (κ2) is 9.86. The maximum atomic E-state index is 10.2. The molecule has 1 aliphatic heterocycles. The Bertz CT molecular complexity index is 1010. The summed E-state index contributed by atoms with van der Waals surface area (Å²) >= 11 is 0. The smallest absolute Gasteiger partial charge is 0.335 e. The van der Waals surface area contributed by atoms with E-state index in [1.54, 1.807) is 30.3 Å². The normalized spacial score (nSPS) is 20.3. The summed E-state index contributed by atoms with van der Waals surface area (Å²) in [6.07, 6.45) is -0.127. The average molecular weight is 369 g/mol. The quantitative estimate of drug-likeness (QED) is 0.665. The number of benzene rings is 3. The van der Waals surface area contributed by atoms with E-state index >= 15 is 0 Å². The lowest BCUT2D eigenvalue weighted by molar-refractivity contribution is 0.0213. The number of hydrogen-bond acceptors (Lipinski definition) is 3. The van der Waals surface area contributed by atoms with Crippen LogP contribution in [0, 0.1) is 0 Å². The van der Waals surface area contributed by atoms with Crippen LogP contribution in [0.4, 0.5) is 0 Å². The number of aromatic carboxylic acids is 1. The zero-order valence-electron chi connectivity index (χ0n) is 18.9. The first-order valence-electron chi connectivity index (χ1n) is 10.8. The predicted molar refractivity (Wildman–Crippen MR) is 108 cm³/mol. The molecule has 4 nitrogen and oxygen atoms in total. The number of hydrogen-bond donors (Lipinski definition) is 2. The fourth-order valence-electron chi connectivity index (χ4n) is 2.71. The third kappa shape index (κ3) is 5.91. The van der Waals surface area contributed by atoms with Crippen molar-refractivity contribution in [1.82, 2.24) is 5.32 Å². The molecule has 1 fully saturated rings. The average Bonchev–Trinajstić information content (AvgIpc) is 2.71. The van der Waals surface area contributed by atoms with Crippen molar-refractivity contribution in [3.05, 3.63) is 83.9 Å². The van der Waals surface area contributed by atoms with Crippen LogP contribution in [-0.2, 0) is 11.3 Å². The number of rotatable bonds is 4. The largest absolute Gasteiger partial charge is 0.478 e. The van der Waals surface area contributed by atoms with E-state index in [1.807, 2.05) is 30.3 Å². The number of carboxylic acids is 1. The molecule has 4 heteroatoms. The zero-order chi connectivity index (χ0) is 22.5. The van der Waals surface area contributed by atoms with Crippen molar-refractivity contribution in [3.8, 4) is 0 Å². The number of nitrogens with one attached hydrogen (secondary N) is 1. The summed E-state index contributed by atoms with van der Waals surface area (Å²) in [4.78, 5) is 10.2. The number of piperidine rings is 1. The monoisotopic (exact) mass is 369 g/mol. The van der Waals surface area contributed by atoms with Crippen LogP contribution in [0.2, 0.25) is 0 Å². The van der Waals surface area contributed by atoms with E-state index in [1.165, 1.54) is 5.39 Å². The summed E-state index contributed by atoms with van der Waals surface area (Å²) in [6.45, 7) is -3.12. The van der Waals surface area contributed by atoms with Crippen molar-refractivity contribution in [3.63, 3.8) is 0 Å². The molecule has 2 N–H and O–H groups in total. The Labute approximate surface area is 165 Å². The van der Waals surface area contributed by atoms with Crippen molar-refractivity contribution in [2.24, 2.45) is 0 Å². The number of carboxylic acid groups (broad SMARTS) is 1. The summed E-state index contributed by atoms with van der Waals surface area (Å²) in [5, 5.41) is 13.1. The summed E-state index contributed by atoms with van der Waals surface area (Å²) in [5.74, 6) is -0.879. The maximum Gasteiger partial charge on any atom is 0.335 e. The molecule has 1 saturated heterocycles. The molecular formula is C23H25NO3. The molecule has 140 valence electrons. The minimum atomic E-state index is -1.74. The van der Waals surface area contributed by atoms with E-state index in [-0.39, 0.29) is 12.8 Å². The number of ether oxygens (including phenoxy) is 1. The molecule has 4 rings (SSSR count). The van der Waals surface area contributed by atoms with Gasteiger partial charge in [0, 0.05) is 5.48 Å². The summed E-state index contributed by atoms with van der Waals surface area (Å²) < 4.78 is 36.7. The minimum absolute atomic E-state index is 0.153. The molecule has 0 radical (unpaired) electrons. The van der Waals surface area contributed by atoms with Gasteiger partial charge in [0.1, 0.15) is 0 Å². The highest BCUT2D eigenvalue weighted by atomic mass is 16.5. The van der Waals surface area contributed by atoms with Crippen LogP contribution >= 0.6 is 0 Å². The van der Waals surface area contributed by atoms with E-state index in [0.29, 0.717) is 12.2 Å². The molecule has 1 heterocycles. The summed E-state index contributed by atoms with van der Waals surface area (Å²) in [7, 11) is 0. The Kier molecular flexibility index (Phi) is 5.25. The molecule has 0 aromatic heterocycles. The minimum Gasteiger partial charge on any atom is -0.478 e. The van der Waals surface area contributed by atoms with Crippen LogP contribution in [0.3, 0.4) is 0 Å². The van der Waals surface area contributed by atoms with Crippen molar-refractivity contribution >= 4 is 16.7 Å². The third-order valence-corrected chi connectivity index (χ3v) is 4.16. The van der Waals surface area contributed by atoms with Crippen molar-refractivity contribution in [2.45, 2.75) is 25.6 Å². The highest BCUT2D eigenvalue weighted by molar-refractivity contribution is 5.87. The van der Waals surface area contributed by atoms with Gasteiger partial charge in [0.05, 0.1) is 18.3 Å². The van der Waals surface area contributed by atoms with Crippen molar-refractivity contribution in [2.75, 3.05) is 13.0 Å². The lowest BCUT2D eigenvalue weighted by Gasteiger charge is -2.23. The van der Waals surface area contributed by atoms with Gasteiger partial charge in [0.15, 0.2) is 0 Å². The first-order chi connectivity index (χ1) is 14.6. The Morgan fingerprint density at radius 1 is 1.00 bits per heavy atom. The van der Waals surface area contributed by atoms with Crippen LogP contribution in [0.25, 0.3) is 10.8 Å². The van der Waals surface area contributed by atoms with E-state index in [9.17, 15) is 4.79 Å². The first-order valence-corrected chi connectivity index (χ1v) is 8.81. The van der Waals surface area contributed by atoms with E-state index < -0.39 is 25.1 Å². The highest BCUT2D eigenvalue weighted by Gasteiger charge is 2.13. The van der Waals surface area contributed by atoms with Crippen LogP contribution < -0.4 is 5.32 Å². The van der Waals surface area contributed by atoms with Gasteiger partial charge in [0.2, 0.25) is 0 Å². The second-order valence-electron chi connectivity index (χ2n) is 6.17. The number of fused-ring (bicyclic) bond motifs is 1. The van der Waals surface area contributed by atoms with Gasteiger partial charge in [0.25, 0.3) is 0 Å². The van der Waals surface area contributed by atoms with Gasteiger partial charge in [-0.15, -0.1) is 0 Å². The molecule has 1 aliphatic rings. The van der Waals surface area contributed by atoms with Crippen LogP contribution in [0.1, 0.15) is 34.2 Å². The van der Waals surface area contributed by atoms with Crippen molar-refractivity contribution < 1.29 is 20.1 Å². The number of carbonyl (C=O) groups is 1. The fourth-order valence-corrected chi connectivity index (χ4v) is 2.71. The Balaban J connectivity index is 0.000000254. The van der Waals surface area contributed by atoms with E-state index in [0.717, 1.165) is 10.9 Å². The topological polar surface area (TPSA) is 58.6 Å². The Hall–Kier alpha value is -2.69. The summed E-state index contributed by atoms with van der Waals surface area (Å²) in [5.41, 5.74) is 1.34. The lowest BCUT2D eigenvalue weighted by Crippen LogP contribution is -2.32. The van der Waals surface area contributed by atoms with Gasteiger partial charge in [-0.2, -0.15) is 0 Å². The Morgan fingerprint density at radius 2 is 1.67 bits per heavy atom. The van der Waals surface area contributed by atoms with Crippen molar-refractivity contribution in [1.29, 1.82) is 0 Å². The van der Waals surface area contributed by atoms with Crippen LogP contribution in [-0.4, -0.2) is 30.2 Å². The van der Waals surface area contributed by atoms with Gasteiger partial charge < -0.3 is 15.2 Å². The van der Waals surface area contributed by atoms with E-state index in [4.69, 9.17) is 15.3 Å². The molecule has 0 amide bonds. The van der Waals surface area contributed by atoms with Gasteiger partial charge >= 0.3 is 5.97 Å². The molecule has 0 atom stereocenters. The molecule has 0 bridgehead atoms. The molecule has 0 unspecified atom stereocenters. The van der Waals surface area contributed by atoms with Gasteiger partial charge in [-0.25, -0.2) is 4.79 Å². The molecule has 0 spiro atoms. The Morgan fingerprint density at radius 3 is 2.33 bits per heavy atom. The van der Waals surface area contributed by atoms with Crippen LogP contribution in [0.15, 0.2) is 72.8 Å². The molecule has 3 aromatic carbocycles.